The molecule has 16 heavy (non-hydrogen) atoms. The van der Waals surface area contributed by atoms with Crippen LogP contribution in [0.3, 0.4) is 0 Å². The highest BCUT2D eigenvalue weighted by atomic mass is 16.5. The van der Waals surface area contributed by atoms with E-state index in [-0.39, 0.29) is 0 Å². The topological polar surface area (TPSA) is 39.1 Å². The number of hydrogen-bond donors (Lipinski definition) is 1. The molecule has 2 aliphatic rings. The van der Waals surface area contributed by atoms with Crippen LogP contribution in [0, 0.1) is 0 Å². The van der Waals surface area contributed by atoms with Crippen LogP contribution in [0.4, 0.5) is 0 Å². The van der Waals surface area contributed by atoms with Crippen molar-refractivity contribution in [2.75, 3.05) is 20.3 Å². The quantitative estimate of drug-likeness (QED) is 0.826. The third-order valence-electron chi connectivity index (χ3n) is 3.48. The Bertz CT molecular complexity index is 382. The molecule has 1 aliphatic heterocycles. The van der Waals surface area contributed by atoms with Crippen molar-refractivity contribution in [3.8, 4) is 0 Å². The summed E-state index contributed by atoms with van der Waals surface area (Å²) in [7, 11) is 1.77. The number of ether oxygens (including phenoxy) is 1. The standard InChI is InChI=1S/C12H19N3O/c1-16-7-6-15-11-4-5-13-8-10(11)14-12(15)9-2-3-9/h9,13H,2-8H2,1H3. The van der Waals surface area contributed by atoms with Crippen molar-refractivity contribution in [2.45, 2.75) is 38.3 Å². The minimum absolute atomic E-state index is 0.724. The first-order valence-electron chi connectivity index (χ1n) is 6.18. The van der Waals surface area contributed by atoms with Crippen LogP contribution >= 0.6 is 0 Å². The molecule has 0 radical (unpaired) electrons. The Hall–Kier alpha value is -0.870. The van der Waals surface area contributed by atoms with Gasteiger partial charge in [-0.05, 0) is 12.8 Å². The summed E-state index contributed by atoms with van der Waals surface area (Å²) in [4.78, 5) is 4.81. The number of methoxy groups -OCH3 is 1. The molecule has 0 unspecified atom stereocenters. The van der Waals surface area contributed by atoms with Gasteiger partial charge in [0.1, 0.15) is 5.82 Å². The number of nitrogens with zero attached hydrogens (tertiary/aromatic N) is 2. The molecule has 1 aromatic rings. The number of aromatic nitrogens is 2. The van der Waals surface area contributed by atoms with E-state index in [1.54, 1.807) is 7.11 Å². The van der Waals surface area contributed by atoms with E-state index < -0.39 is 0 Å². The number of nitrogens with one attached hydrogen (secondary N) is 1. The van der Waals surface area contributed by atoms with Gasteiger partial charge in [0.15, 0.2) is 0 Å². The summed E-state index contributed by atoms with van der Waals surface area (Å²) >= 11 is 0. The summed E-state index contributed by atoms with van der Waals surface area (Å²) in [5.74, 6) is 2.04. The zero-order valence-corrected chi connectivity index (χ0v) is 9.83. The summed E-state index contributed by atoms with van der Waals surface area (Å²) in [5.41, 5.74) is 2.71. The highest BCUT2D eigenvalue weighted by molar-refractivity contribution is 5.24. The van der Waals surface area contributed by atoms with Crippen molar-refractivity contribution in [1.82, 2.24) is 14.9 Å². The predicted molar refractivity (Wildman–Crippen MR) is 61.5 cm³/mol. The first-order chi connectivity index (χ1) is 7.90. The van der Waals surface area contributed by atoms with Crippen LogP contribution < -0.4 is 5.32 Å². The van der Waals surface area contributed by atoms with Crippen molar-refractivity contribution < 1.29 is 4.74 Å². The van der Waals surface area contributed by atoms with E-state index in [1.807, 2.05) is 0 Å². The molecule has 3 rings (SSSR count). The van der Waals surface area contributed by atoms with Gasteiger partial charge in [-0.25, -0.2) is 4.98 Å². The summed E-state index contributed by atoms with van der Waals surface area (Å²) in [6.07, 6.45) is 3.74. The Kier molecular flexibility index (Phi) is 2.69. The first-order valence-corrected chi connectivity index (χ1v) is 6.18. The summed E-state index contributed by atoms with van der Waals surface area (Å²) in [6.45, 7) is 3.77. The Morgan fingerprint density at radius 3 is 3.12 bits per heavy atom. The molecule has 1 aromatic heterocycles. The number of imidazole rings is 1. The molecule has 0 aromatic carbocycles. The number of rotatable bonds is 4. The minimum Gasteiger partial charge on any atom is -0.383 e. The molecule has 0 amide bonds. The molecule has 1 fully saturated rings. The minimum atomic E-state index is 0.724. The van der Waals surface area contributed by atoms with Gasteiger partial charge in [-0.1, -0.05) is 0 Å². The van der Waals surface area contributed by atoms with Crippen LogP contribution in [0.15, 0.2) is 0 Å². The maximum Gasteiger partial charge on any atom is 0.112 e. The second-order valence-corrected chi connectivity index (χ2v) is 4.71. The van der Waals surface area contributed by atoms with Gasteiger partial charge in [0.2, 0.25) is 0 Å². The van der Waals surface area contributed by atoms with Gasteiger partial charge in [0.25, 0.3) is 0 Å². The van der Waals surface area contributed by atoms with E-state index in [0.717, 1.165) is 38.6 Å². The van der Waals surface area contributed by atoms with Crippen LogP contribution in [-0.4, -0.2) is 29.8 Å². The SMILES string of the molecule is COCCn1c(C2CC2)nc2c1CCNC2. The normalized spacial score (nSPS) is 19.8. The summed E-state index contributed by atoms with van der Waals surface area (Å²) in [5, 5.41) is 3.39. The van der Waals surface area contributed by atoms with E-state index in [9.17, 15) is 0 Å². The maximum atomic E-state index is 5.20. The Balaban J connectivity index is 1.93. The van der Waals surface area contributed by atoms with Crippen LogP contribution in [0.25, 0.3) is 0 Å². The van der Waals surface area contributed by atoms with E-state index >= 15 is 0 Å². The van der Waals surface area contributed by atoms with E-state index in [4.69, 9.17) is 9.72 Å². The molecular formula is C12H19N3O. The molecular weight excluding hydrogens is 202 g/mol. The second kappa shape index (κ2) is 4.18. The second-order valence-electron chi connectivity index (χ2n) is 4.71. The van der Waals surface area contributed by atoms with Crippen LogP contribution in [0.5, 0.6) is 0 Å². The van der Waals surface area contributed by atoms with Crippen LogP contribution in [0.2, 0.25) is 0 Å². The predicted octanol–water partition coefficient (Wildman–Crippen LogP) is 1.05. The Morgan fingerprint density at radius 2 is 2.38 bits per heavy atom. The van der Waals surface area contributed by atoms with Crippen LogP contribution in [0.1, 0.15) is 36.0 Å². The number of hydrogen-bond acceptors (Lipinski definition) is 3. The molecule has 4 heteroatoms. The molecule has 0 saturated heterocycles. The lowest BCUT2D eigenvalue weighted by atomic mass is 10.2. The van der Waals surface area contributed by atoms with Crippen molar-refractivity contribution in [3.63, 3.8) is 0 Å². The molecule has 1 aliphatic carbocycles. The molecule has 2 heterocycles. The van der Waals surface area contributed by atoms with Crippen LogP contribution in [-0.2, 0) is 24.2 Å². The zero-order chi connectivity index (χ0) is 11.0. The fourth-order valence-electron chi connectivity index (χ4n) is 2.48. The van der Waals surface area contributed by atoms with Gasteiger partial charge in [-0.2, -0.15) is 0 Å². The molecule has 1 saturated carbocycles. The molecule has 88 valence electrons. The highest BCUT2D eigenvalue weighted by Gasteiger charge is 2.31. The van der Waals surface area contributed by atoms with Crippen molar-refractivity contribution >= 4 is 0 Å². The van der Waals surface area contributed by atoms with Crippen molar-refractivity contribution in [1.29, 1.82) is 0 Å². The number of fused-ring (bicyclic) bond motifs is 1. The smallest absolute Gasteiger partial charge is 0.112 e. The fraction of sp³-hybridized carbons (Fsp3) is 0.750. The molecule has 0 atom stereocenters. The van der Waals surface area contributed by atoms with Gasteiger partial charge in [0, 0.05) is 44.8 Å². The van der Waals surface area contributed by atoms with E-state index in [2.05, 4.69) is 9.88 Å². The maximum absolute atomic E-state index is 5.20. The molecule has 0 bridgehead atoms. The van der Waals surface area contributed by atoms with Crippen molar-refractivity contribution in [3.05, 3.63) is 17.2 Å². The monoisotopic (exact) mass is 221 g/mol. The van der Waals surface area contributed by atoms with Gasteiger partial charge in [-0.15, -0.1) is 0 Å². The lowest BCUT2D eigenvalue weighted by molar-refractivity contribution is 0.185. The lowest BCUT2D eigenvalue weighted by Crippen LogP contribution is -2.25. The Labute approximate surface area is 96.0 Å². The first kappa shape index (κ1) is 10.3. The summed E-state index contributed by atoms with van der Waals surface area (Å²) < 4.78 is 7.61. The van der Waals surface area contributed by atoms with E-state index in [1.165, 1.54) is 30.1 Å². The fourth-order valence-corrected chi connectivity index (χ4v) is 2.48. The average molecular weight is 221 g/mol. The van der Waals surface area contributed by atoms with Gasteiger partial charge < -0.3 is 14.6 Å². The third-order valence-corrected chi connectivity index (χ3v) is 3.48. The Morgan fingerprint density at radius 1 is 1.50 bits per heavy atom. The largest absolute Gasteiger partial charge is 0.383 e. The molecule has 4 nitrogen and oxygen atoms in total. The van der Waals surface area contributed by atoms with Gasteiger partial charge >= 0.3 is 0 Å². The lowest BCUT2D eigenvalue weighted by Gasteiger charge is -2.15. The average Bonchev–Trinajstić information content (AvgIpc) is 3.09. The van der Waals surface area contributed by atoms with E-state index in [0.29, 0.717) is 0 Å². The summed E-state index contributed by atoms with van der Waals surface area (Å²) in [6, 6.07) is 0. The zero-order valence-electron chi connectivity index (χ0n) is 9.83. The molecule has 0 spiro atoms. The third kappa shape index (κ3) is 1.76. The molecule has 1 N–H and O–H groups in total. The van der Waals surface area contributed by atoms with Gasteiger partial charge in [0.05, 0.1) is 12.3 Å². The van der Waals surface area contributed by atoms with Gasteiger partial charge in [-0.3, -0.25) is 0 Å². The highest BCUT2D eigenvalue weighted by Crippen LogP contribution is 2.40. The van der Waals surface area contributed by atoms with Crippen molar-refractivity contribution in [2.24, 2.45) is 0 Å².